The lowest BCUT2D eigenvalue weighted by atomic mass is 10.2. The van der Waals surface area contributed by atoms with Crippen molar-refractivity contribution in [1.29, 1.82) is 0 Å². The zero-order valence-electron chi connectivity index (χ0n) is 17.1. The molecule has 0 fully saturated rings. The van der Waals surface area contributed by atoms with Crippen molar-refractivity contribution in [2.24, 2.45) is 0 Å². The van der Waals surface area contributed by atoms with E-state index in [1.165, 1.54) is 35.7 Å². The second-order valence-corrected chi connectivity index (χ2v) is 7.03. The van der Waals surface area contributed by atoms with Crippen LogP contribution in [0.4, 0.5) is 36.2 Å². The lowest BCUT2D eigenvalue weighted by Crippen LogP contribution is -2.13. The molecule has 0 spiro atoms. The summed E-state index contributed by atoms with van der Waals surface area (Å²) in [5.74, 6) is -0.0386. The van der Waals surface area contributed by atoms with E-state index in [9.17, 15) is 22.8 Å². The van der Waals surface area contributed by atoms with Gasteiger partial charge in [-0.05, 0) is 48.5 Å². The zero-order chi connectivity index (χ0) is 23.6. The third-order valence-electron chi connectivity index (χ3n) is 4.52. The average molecular weight is 454 g/mol. The number of rotatable bonds is 5. The van der Waals surface area contributed by atoms with E-state index in [1.807, 2.05) is 0 Å². The number of alkyl halides is 3. The number of aromatic nitrogens is 3. The number of pyridine rings is 2. The minimum absolute atomic E-state index is 0.159. The molecule has 0 bridgehead atoms. The molecule has 3 aromatic heterocycles. The van der Waals surface area contributed by atoms with E-state index in [2.05, 4.69) is 25.9 Å². The van der Waals surface area contributed by atoms with Crippen molar-refractivity contribution in [3.63, 3.8) is 0 Å². The van der Waals surface area contributed by atoms with Gasteiger partial charge in [0.25, 0.3) is 5.91 Å². The molecule has 0 saturated heterocycles. The molecule has 0 radical (unpaired) electrons. The summed E-state index contributed by atoms with van der Waals surface area (Å²) in [5, 5.41) is 8.29. The Balaban J connectivity index is 1.48. The molecule has 0 aliphatic heterocycles. The molecule has 4 rings (SSSR count). The normalized spacial score (nSPS) is 11.3. The fraction of sp³-hybridized carbons (Fsp3) is 0.0909. The van der Waals surface area contributed by atoms with Crippen molar-refractivity contribution in [2.75, 3.05) is 16.0 Å². The van der Waals surface area contributed by atoms with E-state index in [0.29, 0.717) is 22.8 Å². The van der Waals surface area contributed by atoms with Gasteiger partial charge >= 0.3 is 6.18 Å². The number of anilines is 4. The number of amides is 2. The van der Waals surface area contributed by atoms with E-state index in [4.69, 9.17) is 0 Å². The van der Waals surface area contributed by atoms with Crippen molar-refractivity contribution >= 4 is 40.5 Å². The highest BCUT2D eigenvalue weighted by atomic mass is 19.4. The Morgan fingerprint density at radius 2 is 1.70 bits per heavy atom. The summed E-state index contributed by atoms with van der Waals surface area (Å²) >= 11 is 0. The Morgan fingerprint density at radius 3 is 2.39 bits per heavy atom. The highest BCUT2D eigenvalue weighted by Gasteiger charge is 2.34. The summed E-state index contributed by atoms with van der Waals surface area (Å²) < 4.78 is 40.3. The van der Waals surface area contributed by atoms with Gasteiger partial charge in [-0.15, -0.1) is 0 Å². The Morgan fingerprint density at radius 1 is 0.970 bits per heavy atom. The molecule has 3 heterocycles. The van der Waals surface area contributed by atoms with Crippen LogP contribution in [0.1, 0.15) is 23.0 Å². The van der Waals surface area contributed by atoms with Crippen LogP contribution in [0.5, 0.6) is 0 Å². The molecule has 33 heavy (non-hydrogen) atoms. The van der Waals surface area contributed by atoms with Gasteiger partial charge in [0.1, 0.15) is 17.3 Å². The first-order valence-electron chi connectivity index (χ1n) is 9.66. The van der Waals surface area contributed by atoms with Gasteiger partial charge in [0, 0.05) is 36.3 Å². The number of nitrogens with zero attached hydrogens (tertiary/aromatic N) is 3. The SMILES string of the molecule is CC(=O)Nc1cc(C(=O)Nc2ccc(Nc3cccc4nc(C(F)(F)F)cn34)cc2)ccn1. The first-order valence-corrected chi connectivity index (χ1v) is 9.66. The van der Waals surface area contributed by atoms with Crippen LogP contribution in [0.25, 0.3) is 5.65 Å². The molecular weight excluding hydrogens is 437 g/mol. The number of hydrogen-bond acceptors (Lipinski definition) is 5. The van der Waals surface area contributed by atoms with Crippen molar-refractivity contribution in [2.45, 2.75) is 13.1 Å². The van der Waals surface area contributed by atoms with Crippen LogP contribution in [0.3, 0.4) is 0 Å². The summed E-state index contributed by atoms with van der Waals surface area (Å²) in [6.45, 7) is 1.34. The van der Waals surface area contributed by atoms with Crippen molar-refractivity contribution < 1.29 is 22.8 Å². The topological polar surface area (TPSA) is 100 Å². The van der Waals surface area contributed by atoms with E-state index < -0.39 is 17.8 Å². The second kappa shape index (κ2) is 8.61. The molecule has 0 aliphatic carbocycles. The maximum Gasteiger partial charge on any atom is 0.434 e. The molecule has 0 saturated carbocycles. The highest BCUT2D eigenvalue weighted by Crippen LogP contribution is 2.30. The van der Waals surface area contributed by atoms with E-state index in [0.717, 1.165) is 6.20 Å². The quantitative estimate of drug-likeness (QED) is 0.406. The lowest BCUT2D eigenvalue weighted by Gasteiger charge is -2.11. The van der Waals surface area contributed by atoms with Gasteiger partial charge in [0.2, 0.25) is 5.91 Å². The number of hydrogen-bond donors (Lipinski definition) is 3. The Labute approximate surface area is 185 Å². The van der Waals surface area contributed by atoms with Crippen LogP contribution in [0.2, 0.25) is 0 Å². The average Bonchev–Trinajstić information content (AvgIpc) is 3.21. The molecule has 1 aromatic carbocycles. The molecule has 0 atom stereocenters. The molecule has 11 heteroatoms. The van der Waals surface area contributed by atoms with Gasteiger partial charge < -0.3 is 16.0 Å². The molecule has 8 nitrogen and oxygen atoms in total. The summed E-state index contributed by atoms with van der Waals surface area (Å²) in [6, 6.07) is 14.3. The maximum absolute atomic E-state index is 13.0. The van der Waals surface area contributed by atoms with Crippen molar-refractivity contribution in [3.8, 4) is 0 Å². The Hall–Kier alpha value is -4.41. The smallest absolute Gasteiger partial charge is 0.341 e. The van der Waals surface area contributed by atoms with E-state index in [-0.39, 0.29) is 17.4 Å². The fourth-order valence-corrected chi connectivity index (χ4v) is 3.06. The van der Waals surface area contributed by atoms with E-state index in [1.54, 1.807) is 36.4 Å². The fourth-order valence-electron chi connectivity index (χ4n) is 3.06. The summed E-state index contributed by atoms with van der Waals surface area (Å²) in [5.41, 5.74) is 0.589. The molecule has 168 valence electrons. The Kier molecular flexibility index (Phi) is 5.69. The van der Waals surface area contributed by atoms with Crippen LogP contribution >= 0.6 is 0 Å². The molecule has 4 aromatic rings. The van der Waals surface area contributed by atoms with Crippen LogP contribution < -0.4 is 16.0 Å². The minimum atomic E-state index is -4.54. The zero-order valence-corrected chi connectivity index (χ0v) is 17.1. The number of imidazole rings is 1. The van der Waals surface area contributed by atoms with Gasteiger partial charge in [-0.2, -0.15) is 13.2 Å². The van der Waals surface area contributed by atoms with Crippen molar-refractivity contribution in [3.05, 3.63) is 78.2 Å². The minimum Gasteiger partial charge on any atom is -0.341 e. The van der Waals surface area contributed by atoms with Gasteiger partial charge in [-0.3, -0.25) is 14.0 Å². The standard InChI is InChI=1S/C22H17F3N6O2/c1-13(32)27-18-11-14(9-10-26-18)21(33)29-16-7-5-15(6-8-16)28-19-3-2-4-20-30-17(12-31(19)20)22(23,24)25/h2-12,28H,1H3,(H,29,33)(H,26,27,32). The first-order chi connectivity index (χ1) is 15.7. The van der Waals surface area contributed by atoms with Gasteiger partial charge in [-0.1, -0.05) is 6.07 Å². The maximum atomic E-state index is 13.0. The number of halogens is 3. The van der Waals surface area contributed by atoms with Crippen LogP contribution in [-0.2, 0) is 11.0 Å². The lowest BCUT2D eigenvalue weighted by molar-refractivity contribution is -0.140. The second-order valence-electron chi connectivity index (χ2n) is 7.03. The highest BCUT2D eigenvalue weighted by molar-refractivity contribution is 6.05. The summed E-state index contributed by atoms with van der Waals surface area (Å²) in [6.07, 6.45) is -2.20. The summed E-state index contributed by atoms with van der Waals surface area (Å²) in [4.78, 5) is 31.2. The van der Waals surface area contributed by atoms with Gasteiger partial charge in [0.15, 0.2) is 5.69 Å². The predicted molar refractivity (Wildman–Crippen MR) is 116 cm³/mol. The molecule has 2 amide bonds. The summed E-state index contributed by atoms with van der Waals surface area (Å²) in [7, 11) is 0. The van der Waals surface area contributed by atoms with Gasteiger partial charge in [0.05, 0.1) is 0 Å². The Bertz CT molecular complexity index is 1330. The van der Waals surface area contributed by atoms with Crippen LogP contribution in [0.15, 0.2) is 67.0 Å². The largest absolute Gasteiger partial charge is 0.434 e. The third-order valence-corrected chi connectivity index (χ3v) is 4.52. The molecule has 3 N–H and O–H groups in total. The molecular formula is C22H17F3N6O2. The number of carbonyl (C=O) groups excluding carboxylic acids is 2. The number of nitrogens with one attached hydrogen (secondary N) is 3. The molecule has 0 unspecified atom stereocenters. The van der Waals surface area contributed by atoms with Crippen LogP contribution in [0, 0.1) is 0 Å². The van der Waals surface area contributed by atoms with Gasteiger partial charge in [-0.25, -0.2) is 9.97 Å². The third kappa shape index (κ3) is 5.09. The van der Waals surface area contributed by atoms with E-state index >= 15 is 0 Å². The monoisotopic (exact) mass is 454 g/mol. The number of carbonyl (C=O) groups is 2. The van der Waals surface area contributed by atoms with Crippen molar-refractivity contribution in [1.82, 2.24) is 14.4 Å². The first kappa shape index (κ1) is 21.8. The van der Waals surface area contributed by atoms with Crippen LogP contribution in [-0.4, -0.2) is 26.2 Å². The number of fused-ring (bicyclic) bond motifs is 1. The predicted octanol–water partition coefficient (Wildman–Crippen LogP) is 4.70. The molecule has 0 aliphatic rings. The number of benzene rings is 1.